The van der Waals surface area contributed by atoms with Crippen LogP contribution < -0.4 is 20.1 Å². The Labute approximate surface area is 174 Å². The van der Waals surface area contributed by atoms with E-state index in [0.29, 0.717) is 11.3 Å². The van der Waals surface area contributed by atoms with Gasteiger partial charge in [0.2, 0.25) is 0 Å². The lowest BCUT2D eigenvalue weighted by molar-refractivity contribution is -0.314. The Morgan fingerprint density at radius 1 is 0.871 bits per heavy atom. The maximum absolute atomic E-state index is 13.7. The van der Waals surface area contributed by atoms with Gasteiger partial charge in [0.25, 0.3) is 11.6 Å². The molecule has 5 nitrogen and oxygen atoms in total. The Bertz CT molecular complexity index is 871. The highest BCUT2D eigenvalue weighted by Gasteiger charge is 2.72. The number of benzene rings is 2. The van der Waals surface area contributed by atoms with Crippen LogP contribution in [0.15, 0.2) is 48.5 Å². The highest BCUT2D eigenvalue weighted by Crippen LogP contribution is 2.41. The van der Waals surface area contributed by atoms with Crippen LogP contribution in [0.1, 0.15) is 15.9 Å². The van der Waals surface area contributed by atoms with Gasteiger partial charge in [0.15, 0.2) is 11.5 Å². The van der Waals surface area contributed by atoms with Crippen molar-refractivity contribution in [1.82, 2.24) is 10.6 Å². The van der Waals surface area contributed by atoms with E-state index in [2.05, 4.69) is 0 Å². The molecule has 0 aliphatic carbocycles. The fourth-order valence-corrected chi connectivity index (χ4v) is 2.81. The Balaban J connectivity index is 2.28. The summed E-state index contributed by atoms with van der Waals surface area (Å²) < 4.78 is 92.1. The largest absolute Gasteiger partial charge is 0.493 e. The van der Waals surface area contributed by atoms with Crippen molar-refractivity contribution in [3.8, 4) is 11.5 Å². The van der Waals surface area contributed by atoms with Gasteiger partial charge in [-0.1, -0.05) is 24.3 Å². The number of amides is 1. The lowest BCUT2D eigenvalue weighted by atomic mass is 10.1. The van der Waals surface area contributed by atoms with Gasteiger partial charge in [-0.15, -0.1) is 0 Å². The van der Waals surface area contributed by atoms with Crippen molar-refractivity contribution in [2.24, 2.45) is 0 Å². The minimum absolute atomic E-state index is 0.213. The van der Waals surface area contributed by atoms with Gasteiger partial charge in [-0.2, -0.15) is 26.3 Å². The zero-order valence-corrected chi connectivity index (χ0v) is 16.5. The molecule has 0 saturated heterocycles. The number of halogens is 6. The first-order valence-corrected chi connectivity index (χ1v) is 8.92. The van der Waals surface area contributed by atoms with Gasteiger partial charge in [-0.3, -0.25) is 10.1 Å². The van der Waals surface area contributed by atoms with E-state index in [1.54, 1.807) is 0 Å². The minimum Gasteiger partial charge on any atom is -0.493 e. The fourth-order valence-electron chi connectivity index (χ4n) is 2.81. The van der Waals surface area contributed by atoms with Gasteiger partial charge in [-0.25, -0.2) is 0 Å². The van der Waals surface area contributed by atoms with E-state index in [1.807, 2.05) is 0 Å². The Hall–Kier alpha value is -2.95. The molecule has 1 amide bonds. The highest BCUT2D eigenvalue weighted by molar-refractivity contribution is 5.94. The molecule has 2 rings (SSSR count). The third-order valence-electron chi connectivity index (χ3n) is 4.44. The molecule has 0 aliphatic heterocycles. The first kappa shape index (κ1) is 24.3. The third-order valence-corrected chi connectivity index (χ3v) is 4.44. The summed E-state index contributed by atoms with van der Waals surface area (Å²) >= 11 is 0. The molecule has 0 fully saturated rings. The maximum Gasteiger partial charge on any atom is 0.434 e. The second kappa shape index (κ2) is 9.46. The smallest absolute Gasteiger partial charge is 0.434 e. The number of hydrogen-bond donors (Lipinski definition) is 2. The molecule has 11 heteroatoms. The van der Waals surface area contributed by atoms with Crippen LogP contribution in [0, 0.1) is 0 Å². The van der Waals surface area contributed by atoms with Crippen molar-refractivity contribution in [1.29, 1.82) is 0 Å². The number of alkyl halides is 6. The lowest BCUT2D eigenvalue weighted by Gasteiger charge is -2.38. The maximum atomic E-state index is 13.7. The van der Waals surface area contributed by atoms with E-state index in [-0.39, 0.29) is 17.7 Å². The molecule has 0 aliphatic rings. The summed E-state index contributed by atoms with van der Waals surface area (Å²) in [5.41, 5.74) is -4.58. The molecule has 0 radical (unpaired) electrons. The fraction of sp³-hybridized carbons (Fsp3) is 0.350. The zero-order chi connectivity index (χ0) is 23.3. The minimum atomic E-state index is -5.87. The third kappa shape index (κ3) is 5.40. The summed E-state index contributed by atoms with van der Waals surface area (Å²) in [5, 5.41) is 2.58. The molecule has 0 aromatic heterocycles. The Kier molecular flexibility index (Phi) is 7.42. The predicted molar refractivity (Wildman–Crippen MR) is 100 cm³/mol. The molecule has 170 valence electrons. The second-order valence-electron chi connectivity index (χ2n) is 6.43. The Morgan fingerprint density at radius 2 is 1.45 bits per heavy atom. The summed E-state index contributed by atoms with van der Waals surface area (Å²) in [6.45, 7) is -0.746. The highest BCUT2D eigenvalue weighted by atomic mass is 19.4. The topological polar surface area (TPSA) is 59.6 Å². The summed E-state index contributed by atoms with van der Waals surface area (Å²) in [4.78, 5) is 12.2. The van der Waals surface area contributed by atoms with E-state index in [1.165, 1.54) is 55.9 Å². The number of carbonyl (C=O) groups excluding carboxylic acids is 1. The van der Waals surface area contributed by atoms with E-state index >= 15 is 0 Å². The van der Waals surface area contributed by atoms with Crippen molar-refractivity contribution in [3.63, 3.8) is 0 Å². The van der Waals surface area contributed by atoms with Crippen LogP contribution in [0.5, 0.6) is 11.5 Å². The number of methoxy groups -OCH3 is 2. The number of ether oxygens (including phenoxy) is 2. The standard InChI is InChI=1S/C20H20F6N2O3/c1-30-15-9-8-13(12-16(15)31-2)10-11-27-18(19(21,22)23,20(24,25)26)28-17(29)14-6-4-3-5-7-14/h3-9,12,27H,10-11H2,1-2H3,(H,28,29). The van der Waals surface area contributed by atoms with Crippen molar-refractivity contribution in [3.05, 3.63) is 59.7 Å². The number of hydrogen-bond acceptors (Lipinski definition) is 4. The molecule has 0 heterocycles. The average molecular weight is 450 g/mol. The first-order chi connectivity index (χ1) is 14.4. The van der Waals surface area contributed by atoms with Crippen molar-refractivity contribution >= 4 is 5.91 Å². The van der Waals surface area contributed by atoms with Gasteiger partial charge in [-0.05, 0) is 36.2 Å². The normalized spacial score (nSPS) is 12.4. The quantitative estimate of drug-likeness (QED) is 0.470. The van der Waals surface area contributed by atoms with E-state index in [4.69, 9.17) is 9.47 Å². The van der Waals surface area contributed by atoms with Crippen molar-refractivity contribution in [2.45, 2.75) is 24.4 Å². The molecule has 0 saturated carbocycles. The SMILES string of the molecule is COc1ccc(CCNC(NC(=O)c2ccccc2)(C(F)(F)F)C(F)(F)F)cc1OC. The summed E-state index contributed by atoms with van der Waals surface area (Å²) in [6, 6.07) is 10.7. The number of rotatable bonds is 8. The van der Waals surface area contributed by atoms with Crippen LogP contribution in [-0.2, 0) is 6.42 Å². The van der Waals surface area contributed by atoms with Crippen molar-refractivity contribution in [2.75, 3.05) is 20.8 Å². The van der Waals surface area contributed by atoms with Crippen LogP contribution in [0.3, 0.4) is 0 Å². The van der Waals surface area contributed by atoms with Crippen molar-refractivity contribution < 1.29 is 40.6 Å². The molecule has 2 N–H and O–H groups in total. The number of nitrogens with one attached hydrogen (secondary N) is 2. The zero-order valence-electron chi connectivity index (χ0n) is 16.5. The van der Waals surface area contributed by atoms with E-state index in [9.17, 15) is 31.1 Å². The lowest BCUT2D eigenvalue weighted by Crippen LogP contribution is -2.75. The summed E-state index contributed by atoms with van der Waals surface area (Å²) in [6.07, 6.45) is -11.9. The second-order valence-corrected chi connectivity index (χ2v) is 6.43. The Morgan fingerprint density at radius 3 is 1.97 bits per heavy atom. The van der Waals surface area contributed by atoms with Crippen LogP contribution in [0.25, 0.3) is 0 Å². The van der Waals surface area contributed by atoms with E-state index in [0.717, 1.165) is 17.4 Å². The van der Waals surface area contributed by atoms with Crippen LogP contribution >= 0.6 is 0 Å². The molecule has 0 spiro atoms. The molecular weight excluding hydrogens is 430 g/mol. The van der Waals surface area contributed by atoms with Gasteiger partial charge in [0.05, 0.1) is 14.2 Å². The van der Waals surface area contributed by atoms with Gasteiger partial charge >= 0.3 is 12.4 Å². The molecule has 0 bridgehead atoms. The van der Waals surface area contributed by atoms with Crippen LogP contribution in [0.2, 0.25) is 0 Å². The van der Waals surface area contributed by atoms with Gasteiger partial charge < -0.3 is 14.8 Å². The summed E-state index contributed by atoms with van der Waals surface area (Å²) in [7, 11) is 2.73. The van der Waals surface area contributed by atoms with Crippen LogP contribution in [-0.4, -0.2) is 44.7 Å². The molecule has 0 unspecified atom stereocenters. The predicted octanol–water partition coefficient (Wildman–Crippen LogP) is 4.09. The molecule has 31 heavy (non-hydrogen) atoms. The molecule has 2 aromatic carbocycles. The first-order valence-electron chi connectivity index (χ1n) is 8.92. The molecular formula is C20H20F6N2O3. The van der Waals surface area contributed by atoms with E-state index < -0.39 is 30.5 Å². The molecule has 2 aromatic rings. The van der Waals surface area contributed by atoms with Crippen LogP contribution in [0.4, 0.5) is 26.3 Å². The van der Waals surface area contributed by atoms with Gasteiger partial charge in [0.1, 0.15) is 0 Å². The number of carbonyl (C=O) groups is 1. The average Bonchev–Trinajstić information content (AvgIpc) is 2.71. The summed E-state index contributed by atoms with van der Waals surface area (Å²) in [5.74, 6) is -0.890. The van der Waals surface area contributed by atoms with Gasteiger partial charge in [0, 0.05) is 12.1 Å². The monoisotopic (exact) mass is 450 g/mol. The molecule has 0 atom stereocenters.